The maximum atomic E-state index is 11.7. The fraction of sp³-hybridized carbons (Fsp3) is 0.429. The Hall–Kier alpha value is -0.980. The van der Waals surface area contributed by atoms with E-state index < -0.39 is 27.4 Å². The topological polar surface area (TPSA) is 44.8 Å². The molecule has 0 bridgehead atoms. The average molecular weight is 242 g/mol. The SMILES string of the molecule is C#CCOP(=O)(OCC#C)OC(F)(F)F. The van der Waals surface area contributed by atoms with Crippen molar-refractivity contribution in [3.05, 3.63) is 0 Å². The zero-order valence-electron chi connectivity index (χ0n) is 7.28. The van der Waals surface area contributed by atoms with Crippen molar-refractivity contribution in [2.75, 3.05) is 13.2 Å². The molecule has 0 atom stereocenters. The van der Waals surface area contributed by atoms with Crippen LogP contribution in [0.1, 0.15) is 0 Å². The maximum Gasteiger partial charge on any atom is 0.531 e. The second-order valence-corrected chi connectivity index (χ2v) is 3.53. The molecule has 0 amide bonds. The molecule has 0 radical (unpaired) electrons. The van der Waals surface area contributed by atoms with Gasteiger partial charge in [-0.3, -0.25) is 9.05 Å². The number of terminal acetylenes is 2. The second-order valence-electron chi connectivity index (χ2n) is 1.94. The number of hydrogen-bond donors (Lipinski definition) is 0. The van der Waals surface area contributed by atoms with E-state index in [2.05, 4.69) is 13.6 Å². The minimum atomic E-state index is -5.17. The van der Waals surface area contributed by atoms with Crippen LogP contribution in [0.4, 0.5) is 13.2 Å². The summed E-state index contributed by atoms with van der Waals surface area (Å²) in [6.45, 7) is -1.31. The third-order valence-corrected chi connectivity index (χ3v) is 2.15. The van der Waals surface area contributed by atoms with Crippen LogP contribution >= 0.6 is 7.82 Å². The van der Waals surface area contributed by atoms with Gasteiger partial charge in [-0.1, -0.05) is 11.8 Å². The highest BCUT2D eigenvalue weighted by atomic mass is 31.2. The van der Waals surface area contributed by atoms with Gasteiger partial charge in [0.1, 0.15) is 13.2 Å². The van der Waals surface area contributed by atoms with Crippen LogP contribution in [0.5, 0.6) is 0 Å². The molecule has 0 unspecified atom stereocenters. The van der Waals surface area contributed by atoms with E-state index in [0.29, 0.717) is 0 Å². The van der Waals surface area contributed by atoms with Crippen LogP contribution in [0, 0.1) is 24.7 Å². The lowest BCUT2D eigenvalue weighted by Crippen LogP contribution is -2.14. The Morgan fingerprint density at radius 3 is 1.80 bits per heavy atom. The summed E-state index contributed by atoms with van der Waals surface area (Å²) < 4.78 is 57.8. The van der Waals surface area contributed by atoms with Crippen LogP contribution in [-0.4, -0.2) is 19.6 Å². The first-order chi connectivity index (χ1) is 6.83. The largest absolute Gasteiger partial charge is 0.531 e. The van der Waals surface area contributed by atoms with Crippen molar-refractivity contribution < 1.29 is 31.3 Å². The third-order valence-electron chi connectivity index (χ3n) is 0.827. The van der Waals surface area contributed by atoms with Crippen molar-refractivity contribution in [1.82, 2.24) is 0 Å². The van der Waals surface area contributed by atoms with Crippen LogP contribution < -0.4 is 0 Å². The molecule has 0 aliphatic carbocycles. The Labute approximate surface area is 84.3 Å². The van der Waals surface area contributed by atoms with Crippen molar-refractivity contribution >= 4 is 7.82 Å². The van der Waals surface area contributed by atoms with E-state index in [1.165, 1.54) is 0 Å². The van der Waals surface area contributed by atoms with Gasteiger partial charge in [-0.25, -0.2) is 4.57 Å². The average Bonchev–Trinajstić information content (AvgIpc) is 2.09. The third kappa shape index (κ3) is 7.01. The molecule has 0 aromatic rings. The van der Waals surface area contributed by atoms with E-state index in [1.807, 2.05) is 11.8 Å². The Morgan fingerprint density at radius 1 is 1.13 bits per heavy atom. The van der Waals surface area contributed by atoms with Gasteiger partial charge in [0, 0.05) is 0 Å². The molecule has 0 saturated carbocycles. The number of rotatable bonds is 5. The fourth-order valence-corrected chi connectivity index (χ4v) is 1.35. The molecule has 0 rings (SSSR count). The van der Waals surface area contributed by atoms with Crippen molar-refractivity contribution in [3.63, 3.8) is 0 Å². The van der Waals surface area contributed by atoms with Crippen molar-refractivity contribution in [2.24, 2.45) is 0 Å². The summed E-state index contributed by atoms with van der Waals surface area (Å²) in [5.74, 6) is 3.62. The molecule has 84 valence electrons. The van der Waals surface area contributed by atoms with Crippen molar-refractivity contribution in [3.8, 4) is 24.7 Å². The highest BCUT2D eigenvalue weighted by molar-refractivity contribution is 7.48. The molecule has 0 aromatic heterocycles. The zero-order valence-corrected chi connectivity index (χ0v) is 8.18. The molecular weight excluding hydrogens is 236 g/mol. The van der Waals surface area contributed by atoms with E-state index in [0.717, 1.165) is 0 Å². The first-order valence-corrected chi connectivity index (χ1v) is 4.82. The fourth-order valence-electron chi connectivity index (χ4n) is 0.449. The van der Waals surface area contributed by atoms with Gasteiger partial charge >= 0.3 is 14.2 Å². The Morgan fingerprint density at radius 2 is 1.53 bits per heavy atom. The standard InChI is InChI=1S/C7H6F3O4P/c1-3-5-12-15(11,13-6-4-2)14-7(8,9)10/h1-2H,5-6H2. The minimum absolute atomic E-state index is 0.655. The molecule has 0 fully saturated rings. The molecule has 15 heavy (non-hydrogen) atoms. The minimum Gasteiger partial charge on any atom is -0.274 e. The number of halogens is 3. The number of hydrogen-bond acceptors (Lipinski definition) is 4. The van der Waals surface area contributed by atoms with Crippen LogP contribution in [-0.2, 0) is 18.1 Å². The van der Waals surface area contributed by atoms with Gasteiger partial charge in [-0.2, -0.15) is 4.52 Å². The summed E-state index contributed by atoms with van der Waals surface area (Å²) in [4.78, 5) is 0. The zero-order chi connectivity index (χ0) is 11.9. The van der Waals surface area contributed by atoms with E-state index in [9.17, 15) is 17.7 Å². The Balaban J connectivity index is 4.50. The van der Waals surface area contributed by atoms with Gasteiger partial charge in [0.15, 0.2) is 0 Å². The first-order valence-electron chi connectivity index (χ1n) is 3.36. The number of phosphoric acid groups is 1. The summed E-state index contributed by atoms with van der Waals surface area (Å²) in [5.41, 5.74) is 0. The predicted molar refractivity (Wildman–Crippen MR) is 44.3 cm³/mol. The van der Waals surface area contributed by atoms with Crippen LogP contribution in [0.25, 0.3) is 0 Å². The lowest BCUT2D eigenvalue weighted by Gasteiger charge is -2.16. The van der Waals surface area contributed by atoms with Gasteiger partial charge in [-0.15, -0.1) is 26.0 Å². The summed E-state index contributed by atoms with van der Waals surface area (Å²) in [6, 6.07) is 0. The molecule has 0 aromatic carbocycles. The molecule has 0 spiro atoms. The maximum absolute atomic E-state index is 11.7. The molecular formula is C7H6F3O4P. The van der Waals surface area contributed by atoms with Gasteiger partial charge in [0.2, 0.25) is 0 Å². The van der Waals surface area contributed by atoms with Gasteiger partial charge in [-0.05, 0) is 0 Å². The molecule has 8 heteroatoms. The monoisotopic (exact) mass is 242 g/mol. The van der Waals surface area contributed by atoms with Crippen LogP contribution in [0.15, 0.2) is 0 Å². The van der Waals surface area contributed by atoms with E-state index >= 15 is 0 Å². The summed E-state index contributed by atoms with van der Waals surface area (Å²) in [7, 11) is -4.78. The van der Waals surface area contributed by atoms with Gasteiger partial charge < -0.3 is 0 Å². The molecule has 0 N–H and O–H groups in total. The van der Waals surface area contributed by atoms with Crippen LogP contribution in [0.2, 0.25) is 0 Å². The second kappa shape index (κ2) is 5.79. The molecule has 0 saturated heterocycles. The molecule has 4 nitrogen and oxygen atoms in total. The van der Waals surface area contributed by atoms with Gasteiger partial charge in [0.25, 0.3) is 0 Å². The smallest absolute Gasteiger partial charge is 0.274 e. The highest BCUT2D eigenvalue weighted by Crippen LogP contribution is 2.53. The molecule has 0 aliphatic rings. The number of alkyl halides is 3. The van der Waals surface area contributed by atoms with Crippen LogP contribution in [0.3, 0.4) is 0 Å². The summed E-state index contributed by atoms with van der Waals surface area (Å²) >= 11 is 0. The van der Waals surface area contributed by atoms with E-state index in [1.54, 1.807) is 0 Å². The quantitative estimate of drug-likeness (QED) is 0.545. The van der Waals surface area contributed by atoms with E-state index in [4.69, 9.17) is 12.8 Å². The highest BCUT2D eigenvalue weighted by Gasteiger charge is 2.43. The Kier molecular flexibility index (Phi) is 5.41. The van der Waals surface area contributed by atoms with Gasteiger partial charge in [0.05, 0.1) is 0 Å². The van der Waals surface area contributed by atoms with E-state index in [-0.39, 0.29) is 0 Å². The first kappa shape index (κ1) is 14.0. The lowest BCUT2D eigenvalue weighted by atomic mass is 10.8. The lowest BCUT2D eigenvalue weighted by molar-refractivity contribution is -0.283. The Bertz CT molecular complexity index is 303. The van der Waals surface area contributed by atoms with Crippen molar-refractivity contribution in [2.45, 2.75) is 6.36 Å². The normalized spacial score (nSPS) is 11.8. The molecule has 0 aliphatic heterocycles. The summed E-state index contributed by atoms with van der Waals surface area (Å²) in [5, 5.41) is 0. The summed E-state index contributed by atoms with van der Waals surface area (Å²) in [6.07, 6.45) is 4.23. The predicted octanol–water partition coefficient (Wildman–Crippen LogP) is 1.93. The molecule has 0 heterocycles. The number of phosphoric ester groups is 1. The van der Waals surface area contributed by atoms with Crippen molar-refractivity contribution in [1.29, 1.82) is 0 Å².